The second-order valence-corrected chi connectivity index (χ2v) is 2.50. The van der Waals surface area contributed by atoms with Crippen LogP contribution in [0.5, 0.6) is 0 Å². The molecule has 0 unspecified atom stereocenters. The van der Waals surface area contributed by atoms with E-state index in [0.717, 1.165) is 0 Å². The van der Waals surface area contributed by atoms with Gasteiger partial charge < -0.3 is 5.32 Å². The van der Waals surface area contributed by atoms with Crippen LogP contribution in [-0.4, -0.2) is 17.0 Å². The second-order valence-electron chi connectivity index (χ2n) is 2.50. The normalized spacial score (nSPS) is 8.67. The Kier molecular flexibility index (Phi) is 3.99. The van der Waals surface area contributed by atoms with Crippen LogP contribution in [0.1, 0.15) is 20.8 Å². The first-order valence-corrected chi connectivity index (χ1v) is 3.38. The second kappa shape index (κ2) is 4.50. The molecule has 12 heavy (non-hydrogen) atoms. The lowest BCUT2D eigenvalue weighted by Gasteiger charge is -2.07. The number of amides is 2. The lowest BCUT2D eigenvalue weighted by Crippen LogP contribution is -2.32. The molecule has 2 amide bonds. The molecule has 0 atom stereocenters. The Labute approximate surface area is 70.4 Å². The predicted molar refractivity (Wildman–Crippen MR) is 42.1 cm³/mol. The molecule has 3 N–H and O–H groups in total. The van der Waals surface area contributed by atoms with Crippen molar-refractivity contribution in [2.75, 3.05) is 0 Å². The molecule has 0 aliphatic heterocycles. The Balaban J connectivity index is 4.58. The summed E-state index contributed by atoms with van der Waals surface area (Å²) in [6.07, 6.45) is 0. The molecule has 0 fully saturated rings. The van der Waals surface area contributed by atoms with Gasteiger partial charge in [-0.2, -0.15) is 0 Å². The van der Waals surface area contributed by atoms with Gasteiger partial charge in [0, 0.05) is 6.92 Å². The van der Waals surface area contributed by atoms with E-state index in [4.69, 9.17) is 5.21 Å². The van der Waals surface area contributed by atoms with Gasteiger partial charge in [0.25, 0.3) is 5.91 Å². The van der Waals surface area contributed by atoms with Gasteiger partial charge >= 0.3 is 0 Å². The maximum atomic E-state index is 10.9. The standard InChI is InChI=1S/C7H12N2O3/c1-4(2)6(7(11)9-12)8-5(3)10/h12H,1-3H3,(H,8,10)(H,9,11). The van der Waals surface area contributed by atoms with Crippen LogP contribution in [-0.2, 0) is 9.59 Å². The molecule has 0 spiro atoms. The maximum absolute atomic E-state index is 10.9. The maximum Gasteiger partial charge on any atom is 0.291 e. The van der Waals surface area contributed by atoms with E-state index < -0.39 is 5.91 Å². The first-order chi connectivity index (χ1) is 5.49. The van der Waals surface area contributed by atoms with E-state index in [1.165, 1.54) is 12.4 Å². The Morgan fingerprint density at radius 3 is 1.92 bits per heavy atom. The van der Waals surface area contributed by atoms with Crippen molar-refractivity contribution in [3.05, 3.63) is 11.3 Å². The van der Waals surface area contributed by atoms with Crippen LogP contribution in [0.4, 0.5) is 0 Å². The molecular formula is C7H12N2O3. The van der Waals surface area contributed by atoms with E-state index >= 15 is 0 Å². The number of hydrogen-bond acceptors (Lipinski definition) is 3. The van der Waals surface area contributed by atoms with Crippen LogP contribution >= 0.6 is 0 Å². The third-order valence-corrected chi connectivity index (χ3v) is 1.13. The molecular weight excluding hydrogens is 160 g/mol. The van der Waals surface area contributed by atoms with Crippen LogP contribution in [0.15, 0.2) is 11.3 Å². The van der Waals surface area contributed by atoms with Crippen molar-refractivity contribution >= 4 is 11.8 Å². The van der Waals surface area contributed by atoms with Gasteiger partial charge in [-0.05, 0) is 19.4 Å². The third-order valence-electron chi connectivity index (χ3n) is 1.13. The third kappa shape index (κ3) is 3.16. The Bertz CT molecular complexity index is 229. The van der Waals surface area contributed by atoms with Crippen LogP contribution in [0.2, 0.25) is 0 Å². The molecule has 0 rings (SSSR count). The molecule has 0 aliphatic rings. The lowest BCUT2D eigenvalue weighted by molar-refractivity contribution is -0.127. The van der Waals surface area contributed by atoms with Crippen molar-refractivity contribution in [3.8, 4) is 0 Å². The topological polar surface area (TPSA) is 78.4 Å². The van der Waals surface area contributed by atoms with Crippen molar-refractivity contribution in [2.45, 2.75) is 20.8 Å². The van der Waals surface area contributed by atoms with Crippen LogP contribution in [0.3, 0.4) is 0 Å². The molecule has 0 aromatic heterocycles. The van der Waals surface area contributed by atoms with Crippen molar-refractivity contribution in [1.29, 1.82) is 0 Å². The highest BCUT2D eigenvalue weighted by Crippen LogP contribution is 1.98. The quantitative estimate of drug-likeness (QED) is 0.310. The summed E-state index contributed by atoms with van der Waals surface area (Å²) in [4.78, 5) is 21.4. The molecule has 0 radical (unpaired) electrons. The highest BCUT2D eigenvalue weighted by Gasteiger charge is 2.10. The molecule has 0 heterocycles. The van der Waals surface area contributed by atoms with Crippen molar-refractivity contribution in [3.63, 3.8) is 0 Å². The number of hydrogen-bond donors (Lipinski definition) is 3. The number of hydroxylamine groups is 1. The SMILES string of the molecule is CC(=O)NC(C(=O)NO)=C(C)C. The van der Waals surface area contributed by atoms with Gasteiger partial charge in [-0.15, -0.1) is 0 Å². The number of allylic oxidation sites excluding steroid dienone is 1. The first-order valence-electron chi connectivity index (χ1n) is 3.38. The van der Waals surface area contributed by atoms with E-state index in [9.17, 15) is 9.59 Å². The van der Waals surface area contributed by atoms with Crippen LogP contribution < -0.4 is 10.8 Å². The Morgan fingerprint density at radius 2 is 1.67 bits per heavy atom. The van der Waals surface area contributed by atoms with Crippen molar-refractivity contribution in [2.24, 2.45) is 0 Å². The van der Waals surface area contributed by atoms with E-state index in [2.05, 4.69) is 5.32 Å². The number of carbonyl (C=O) groups is 2. The zero-order chi connectivity index (χ0) is 9.72. The largest absolute Gasteiger partial charge is 0.322 e. The molecule has 0 saturated heterocycles. The lowest BCUT2D eigenvalue weighted by atomic mass is 10.2. The van der Waals surface area contributed by atoms with Crippen molar-refractivity contribution < 1.29 is 14.8 Å². The molecule has 68 valence electrons. The summed E-state index contributed by atoms with van der Waals surface area (Å²) >= 11 is 0. The summed E-state index contributed by atoms with van der Waals surface area (Å²) in [5.41, 5.74) is 2.14. The summed E-state index contributed by atoms with van der Waals surface area (Å²) in [5.74, 6) is -1.07. The van der Waals surface area contributed by atoms with Crippen molar-refractivity contribution in [1.82, 2.24) is 10.8 Å². The van der Waals surface area contributed by atoms with Gasteiger partial charge in [0.15, 0.2) is 0 Å². The zero-order valence-electron chi connectivity index (χ0n) is 7.26. The highest BCUT2D eigenvalue weighted by atomic mass is 16.5. The van der Waals surface area contributed by atoms with Crippen LogP contribution in [0, 0.1) is 0 Å². The van der Waals surface area contributed by atoms with Gasteiger partial charge in [0.05, 0.1) is 0 Å². The van der Waals surface area contributed by atoms with Gasteiger partial charge in [-0.3, -0.25) is 14.8 Å². The van der Waals surface area contributed by atoms with E-state index in [-0.39, 0.29) is 11.6 Å². The molecule has 0 bridgehead atoms. The minimum absolute atomic E-state index is 0.0741. The average molecular weight is 172 g/mol. The molecule has 0 saturated carbocycles. The first kappa shape index (κ1) is 10.6. The molecule has 0 aromatic carbocycles. The molecule has 0 aliphatic carbocycles. The summed E-state index contributed by atoms with van der Waals surface area (Å²) in [7, 11) is 0. The Morgan fingerprint density at radius 1 is 1.17 bits per heavy atom. The minimum Gasteiger partial charge on any atom is -0.322 e. The number of rotatable bonds is 2. The highest BCUT2D eigenvalue weighted by molar-refractivity contribution is 5.96. The van der Waals surface area contributed by atoms with Crippen LogP contribution in [0.25, 0.3) is 0 Å². The molecule has 5 heteroatoms. The smallest absolute Gasteiger partial charge is 0.291 e. The Hall–Kier alpha value is -1.36. The summed E-state index contributed by atoms with van der Waals surface area (Å²) in [5, 5.41) is 10.6. The fourth-order valence-corrected chi connectivity index (χ4v) is 0.641. The van der Waals surface area contributed by atoms with Gasteiger partial charge in [0.2, 0.25) is 5.91 Å². The number of nitrogens with one attached hydrogen (secondary N) is 2. The van der Waals surface area contributed by atoms with Gasteiger partial charge in [-0.25, -0.2) is 5.48 Å². The average Bonchev–Trinajstić information content (AvgIpc) is 1.98. The molecule has 0 aromatic rings. The summed E-state index contributed by atoms with van der Waals surface area (Å²) < 4.78 is 0. The van der Waals surface area contributed by atoms with Gasteiger partial charge in [0.1, 0.15) is 5.70 Å². The van der Waals surface area contributed by atoms with Gasteiger partial charge in [-0.1, -0.05) is 0 Å². The number of carbonyl (C=O) groups excluding carboxylic acids is 2. The summed E-state index contributed by atoms with van der Waals surface area (Å²) in [6.45, 7) is 4.59. The minimum atomic E-state index is -0.717. The fraction of sp³-hybridized carbons (Fsp3) is 0.429. The predicted octanol–water partition coefficient (Wildman–Crippen LogP) is -0.0782. The van der Waals surface area contributed by atoms with E-state index in [1.807, 2.05) is 0 Å². The van der Waals surface area contributed by atoms with E-state index in [0.29, 0.717) is 5.57 Å². The zero-order valence-corrected chi connectivity index (χ0v) is 7.26. The monoisotopic (exact) mass is 172 g/mol. The summed E-state index contributed by atoms with van der Waals surface area (Å²) in [6, 6.07) is 0. The van der Waals surface area contributed by atoms with E-state index in [1.54, 1.807) is 13.8 Å². The fourth-order valence-electron chi connectivity index (χ4n) is 0.641. The molecule has 5 nitrogen and oxygen atoms in total.